The molecule has 27 heavy (non-hydrogen) atoms. The molecule has 7 heteroatoms. The van der Waals surface area contributed by atoms with Crippen LogP contribution in [0.5, 0.6) is 5.88 Å². The van der Waals surface area contributed by atoms with Gasteiger partial charge in [0.05, 0.1) is 22.0 Å². The van der Waals surface area contributed by atoms with Crippen molar-refractivity contribution < 1.29 is 13.9 Å². The number of hydrogen-bond donors (Lipinski definition) is 0. The van der Waals surface area contributed by atoms with Crippen LogP contribution in [0.15, 0.2) is 48.5 Å². The number of carbonyl (C=O) groups excluding carboxylic acids is 1. The van der Waals surface area contributed by atoms with Crippen LogP contribution in [0.3, 0.4) is 0 Å². The molecule has 0 saturated carbocycles. The van der Waals surface area contributed by atoms with Crippen LogP contribution < -0.4 is 4.74 Å². The standard InChI is InChI=1S/C20H17Cl2FN2O2/c1-20(2,3)17-11-18(25(24-17)14-7-5-13(23)6-8-14)27-19(26)15-9-4-12(21)10-16(15)22/h4-11H,1-3H3. The number of hydrogen-bond acceptors (Lipinski definition) is 3. The molecule has 3 aromatic rings. The molecule has 0 amide bonds. The van der Waals surface area contributed by atoms with E-state index in [0.717, 1.165) is 5.69 Å². The normalized spacial score (nSPS) is 11.5. The highest BCUT2D eigenvalue weighted by Crippen LogP contribution is 2.29. The lowest BCUT2D eigenvalue weighted by Gasteiger charge is -2.13. The molecular formula is C20H17Cl2FN2O2. The summed E-state index contributed by atoms with van der Waals surface area (Å²) in [7, 11) is 0. The highest BCUT2D eigenvalue weighted by Gasteiger charge is 2.23. The molecule has 0 unspecified atom stereocenters. The second-order valence-corrected chi connectivity index (χ2v) is 7.86. The number of benzene rings is 2. The topological polar surface area (TPSA) is 44.1 Å². The first-order valence-corrected chi connectivity index (χ1v) is 8.94. The van der Waals surface area contributed by atoms with Gasteiger partial charge in [-0.3, -0.25) is 0 Å². The Kier molecular flexibility index (Phi) is 5.27. The number of carbonyl (C=O) groups is 1. The number of esters is 1. The van der Waals surface area contributed by atoms with Gasteiger partial charge in [0.15, 0.2) is 0 Å². The first kappa shape index (κ1) is 19.4. The van der Waals surface area contributed by atoms with Crippen molar-refractivity contribution >= 4 is 29.2 Å². The van der Waals surface area contributed by atoms with Crippen LogP contribution in [-0.4, -0.2) is 15.7 Å². The minimum atomic E-state index is -0.639. The Bertz CT molecular complexity index is 992. The van der Waals surface area contributed by atoms with Crippen molar-refractivity contribution in [3.63, 3.8) is 0 Å². The molecule has 0 N–H and O–H groups in total. The smallest absolute Gasteiger partial charge is 0.346 e. The Balaban J connectivity index is 2.01. The average molecular weight is 407 g/mol. The third-order valence-corrected chi connectivity index (χ3v) is 4.41. The second kappa shape index (κ2) is 7.33. The predicted octanol–water partition coefficient (Wildman–Crippen LogP) is 5.83. The monoisotopic (exact) mass is 406 g/mol. The summed E-state index contributed by atoms with van der Waals surface area (Å²) in [5, 5.41) is 5.14. The first-order valence-electron chi connectivity index (χ1n) is 8.19. The fraction of sp³-hybridized carbons (Fsp3) is 0.200. The van der Waals surface area contributed by atoms with Crippen LogP contribution in [0.25, 0.3) is 5.69 Å². The van der Waals surface area contributed by atoms with E-state index in [-0.39, 0.29) is 27.7 Å². The molecule has 4 nitrogen and oxygen atoms in total. The molecule has 0 aliphatic carbocycles. The quantitative estimate of drug-likeness (QED) is 0.513. The molecule has 0 fully saturated rings. The third-order valence-electron chi connectivity index (χ3n) is 3.86. The van der Waals surface area contributed by atoms with Gasteiger partial charge in [-0.05, 0) is 42.5 Å². The summed E-state index contributed by atoms with van der Waals surface area (Å²) >= 11 is 12.0. The van der Waals surface area contributed by atoms with Gasteiger partial charge in [-0.2, -0.15) is 5.10 Å². The van der Waals surface area contributed by atoms with Crippen molar-refractivity contribution in [3.8, 4) is 11.6 Å². The minimum Gasteiger partial charge on any atom is -0.404 e. The van der Waals surface area contributed by atoms with Gasteiger partial charge in [0.25, 0.3) is 0 Å². The molecule has 0 aliphatic heterocycles. The molecule has 0 bridgehead atoms. The molecule has 0 radical (unpaired) electrons. The number of nitrogens with zero attached hydrogens (tertiary/aromatic N) is 2. The lowest BCUT2D eigenvalue weighted by atomic mass is 9.93. The van der Waals surface area contributed by atoms with E-state index in [0.29, 0.717) is 10.7 Å². The molecule has 1 aromatic heterocycles. The zero-order chi connectivity index (χ0) is 19.8. The van der Waals surface area contributed by atoms with Crippen molar-refractivity contribution in [2.24, 2.45) is 0 Å². The van der Waals surface area contributed by atoms with E-state index < -0.39 is 5.97 Å². The zero-order valence-corrected chi connectivity index (χ0v) is 16.5. The molecule has 0 atom stereocenters. The highest BCUT2D eigenvalue weighted by atomic mass is 35.5. The van der Waals surface area contributed by atoms with Crippen LogP contribution in [0, 0.1) is 5.82 Å². The second-order valence-electron chi connectivity index (χ2n) is 7.02. The Morgan fingerprint density at radius 1 is 1.07 bits per heavy atom. The SMILES string of the molecule is CC(C)(C)c1cc(OC(=O)c2ccc(Cl)cc2Cl)n(-c2ccc(F)cc2)n1. The maximum absolute atomic E-state index is 13.3. The van der Waals surface area contributed by atoms with E-state index in [1.165, 1.54) is 28.9 Å². The van der Waals surface area contributed by atoms with Crippen LogP contribution in [0.4, 0.5) is 4.39 Å². The van der Waals surface area contributed by atoms with Crippen molar-refractivity contribution in [2.75, 3.05) is 0 Å². The molecule has 2 aromatic carbocycles. The van der Waals surface area contributed by atoms with Crippen molar-refractivity contribution in [2.45, 2.75) is 26.2 Å². The van der Waals surface area contributed by atoms with E-state index >= 15 is 0 Å². The molecule has 0 spiro atoms. The van der Waals surface area contributed by atoms with E-state index in [9.17, 15) is 9.18 Å². The van der Waals surface area contributed by atoms with Crippen LogP contribution >= 0.6 is 23.2 Å². The van der Waals surface area contributed by atoms with E-state index in [2.05, 4.69) is 5.10 Å². The fourth-order valence-corrected chi connectivity index (χ4v) is 2.86. The zero-order valence-electron chi connectivity index (χ0n) is 15.0. The van der Waals surface area contributed by atoms with E-state index in [1.54, 1.807) is 24.3 Å². The third kappa shape index (κ3) is 4.31. The van der Waals surface area contributed by atoms with Crippen molar-refractivity contribution in [1.29, 1.82) is 0 Å². The summed E-state index contributed by atoms with van der Waals surface area (Å²) in [6.45, 7) is 5.98. The van der Waals surface area contributed by atoms with Gasteiger partial charge < -0.3 is 4.74 Å². The van der Waals surface area contributed by atoms with Gasteiger partial charge in [-0.1, -0.05) is 44.0 Å². The largest absolute Gasteiger partial charge is 0.404 e. The lowest BCUT2D eigenvalue weighted by Crippen LogP contribution is -2.13. The van der Waals surface area contributed by atoms with Crippen molar-refractivity contribution in [1.82, 2.24) is 9.78 Å². The number of rotatable bonds is 3. The summed E-state index contributed by atoms with van der Waals surface area (Å²) in [6.07, 6.45) is 0. The van der Waals surface area contributed by atoms with Crippen LogP contribution in [0.1, 0.15) is 36.8 Å². The maximum atomic E-state index is 13.3. The van der Waals surface area contributed by atoms with Gasteiger partial charge in [0.2, 0.25) is 5.88 Å². The van der Waals surface area contributed by atoms with Gasteiger partial charge in [0, 0.05) is 16.5 Å². The molecule has 0 saturated heterocycles. The Morgan fingerprint density at radius 2 is 1.74 bits per heavy atom. The van der Waals surface area contributed by atoms with Gasteiger partial charge >= 0.3 is 5.97 Å². The maximum Gasteiger partial charge on any atom is 0.346 e. The average Bonchev–Trinajstić information content (AvgIpc) is 2.99. The highest BCUT2D eigenvalue weighted by molar-refractivity contribution is 6.36. The molecule has 140 valence electrons. The van der Waals surface area contributed by atoms with E-state index in [4.69, 9.17) is 27.9 Å². The minimum absolute atomic E-state index is 0.185. The Labute approximate surface area is 166 Å². The predicted molar refractivity (Wildman–Crippen MR) is 104 cm³/mol. The van der Waals surface area contributed by atoms with Gasteiger partial charge in [-0.15, -0.1) is 0 Å². The summed E-state index contributed by atoms with van der Waals surface area (Å²) in [6, 6.07) is 12.0. The van der Waals surface area contributed by atoms with Crippen LogP contribution in [-0.2, 0) is 5.41 Å². The first-order chi connectivity index (χ1) is 12.6. The number of ether oxygens (including phenoxy) is 1. The summed E-state index contributed by atoms with van der Waals surface area (Å²) in [5.74, 6) is -0.795. The lowest BCUT2D eigenvalue weighted by molar-refractivity contribution is 0.0723. The van der Waals surface area contributed by atoms with Gasteiger partial charge in [-0.25, -0.2) is 13.9 Å². The Hall–Kier alpha value is -2.37. The summed E-state index contributed by atoms with van der Waals surface area (Å²) < 4.78 is 20.3. The molecule has 1 heterocycles. The number of aromatic nitrogens is 2. The molecule has 0 aliphatic rings. The summed E-state index contributed by atoms with van der Waals surface area (Å²) in [5.41, 5.74) is 1.20. The Morgan fingerprint density at radius 3 is 2.33 bits per heavy atom. The van der Waals surface area contributed by atoms with E-state index in [1.807, 2.05) is 20.8 Å². The molecular weight excluding hydrogens is 390 g/mol. The van der Waals surface area contributed by atoms with Crippen LogP contribution in [0.2, 0.25) is 10.0 Å². The summed E-state index contributed by atoms with van der Waals surface area (Å²) in [4.78, 5) is 12.6. The fourth-order valence-electron chi connectivity index (χ4n) is 2.38. The number of halogens is 3. The molecule has 3 rings (SSSR count). The van der Waals surface area contributed by atoms with Gasteiger partial charge in [0.1, 0.15) is 5.82 Å². The van der Waals surface area contributed by atoms with Crippen molar-refractivity contribution in [3.05, 3.63) is 75.7 Å².